The Morgan fingerprint density at radius 2 is 1.88 bits per heavy atom. The summed E-state index contributed by atoms with van der Waals surface area (Å²) in [7, 11) is 1.61. The van der Waals surface area contributed by atoms with E-state index < -0.39 is 17.6 Å². The maximum Gasteiger partial charge on any atom is 0.287 e. The number of aliphatic hydroxyl groups is 1. The second-order valence-corrected chi connectivity index (χ2v) is 6.70. The van der Waals surface area contributed by atoms with E-state index in [0.29, 0.717) is 6.42 Å². The molecule has 0 spiro atoms. The van der Waals surface area contributed by atoms with Gasteiger partial charge in [-0.2, -0.15) is 0 Å². The van der Waals surface area contributed by atoms with Crippen LogP contribution in [0.5, 0.6) is 0 Å². The van der Waals surface area contributed by atoms with Crippen LogP contribution in [0.4, 0.5) is 0 Å². The zero-order valence-corrected chi connectivity index (χ0v) is 14.7. The van der Waals surface area contributed by atoms with Crippen molar-refractivity contribution < 1.29 is 19.1 Å². The summed E-state index contributed by atoms with van der Waals surface area (Å²) in [5, 5.41) is 12.7. The summed E-state index contributed by atoms with van der Waals surface area (Å²) in [6.45, 7) is 3.42. The Labute approximate surface area is 147 Å². The summed E-state index contributed by atoms with van der Waals surface area (Å²) >= 11 is 0. The second kappa shape index (κ2) is 7.98. The predicted octanol–water partition coefficient (Wildman–Crippen LogP) is 1.85. The first-order valence-corrected chi connectivity index (χ1v) is 8.12. The van der Waals surface area contributed by atoms with Crippen LogP contribution in [0.25, 0.3) is 0 Å². The SMILES string of the molecule is CN(CC(C)(C)O)C(=O)C(Cc1ccccc1)NC(=O)c1ccco1. The minimum Gasteiger partial charge on any atom is -0.459 e. The molecule has 1 aromatic carbocycles. The van der Waals surface area contributed by atoms with Crippen molar-refractivity contribution in [2.75, 3.05) is 13.6 Å². The van der Waals surface area contributed by atoms with Crippen LogP contribution >= 0.6 is 0 Å². The number of hydrogen-bond acceptors (Lipinski definition) is 4. The van der Waals surface area contributed by atoms with Crippen molar-refractivity contribution in [1.82, 2.24) is 10.2 Å². The van der Waals surface area contributed by atoms with Crippen molar-refractivity contribution >= 4 is 11.8 Å². The summed E-state index contributed by atoms with van der Waals surface area (Å²) in [5.41, 5.74) is -0.0931. The van der Waals surface area contributed by atoms with E-state index in [1.165, 1.54) is 11.2 Å². The van der Waals surface area contributed by atoms with Gasteiger partial charge in [0.15, 0.2) is 5.76 Å². The molecule has 0 fully saturated rings. The molecule has 0 radical (unpaired) electrons. The third-order valence-corrected chi connectivity index (χ3v) is 3.63. The molecule has 0 aliphatic heterocycles. The van der Waals surface area contributed by atoms with Gasteiger partial charge in [-0.05, 0) is 31.5 Å². The van der Waals surface area contributed by atoms with Crippen LogP contribution in [-0.2, 0) is 11.2 Å². The van der Waals surface area contributed by atoms with Crippen molar-refractivity contribution in [3.8, 4) is 0 Å². The molecule has 1 unspecified atom stereocenters. The first-order chi connectivity index (χ1) is 11.8. The van der Waals surface area contributed by atoms with Crippen LogP contribution in [0.1, 0.15) is 30.0 Å². The molecule has 2 amide bonds. The van der Waals surface area contributed by atoms with Gasteiger partial charge in [0, 0.05) is 20.0 Å². The Kier molecular flexibility index (Phi) is 5.98. The highest BCUT2D eigenvalue weighted by atomic mass is 16.3. The van der Waals surface area contributed by atoms with Crippen LogP contribution in [0.15, 0.2) is 53.1 Å². The molecule has 0 saturated carbocycles. The second-order valence-electron chi connectivity index (χ2n) is 6.70. The molecule has 2 aromatic rings. The van der Waals surface area contributed by atoms with Gasteiger partial charge in [0.25, 0.3) is 5.91 Å². The Morgan fingerprint density at radius 3 is 2.44 bits per heavy atom. The molecular formula is C19H24N2O4. The maximum atomic E-state index is 12.8. The van der Waals surface area contributed by atoms with Gasteiger partial charge in [-0.1, -0.05) is 30.3 Å². The van der Waals surface area contributed by atoms with Crippen molar-refractivity contribution in [1.29, 1.82) is 0 Å². The highest BCUT2D eigenvalue weighted by Crippen LogP contribution is 2.10. The zero-order chi connectivity index (χ0) is 18.4. The molecule has 25 heavy (non-hydrogen) atoms. The quantitative estimate of drug-likeness (QED) is 0.803. The lowest BCUT2D eigenvalue weighted by molar-refractivity contribution is -0.134. The van der Waals surface area contributed by atoms with Gasteiger partial charge in [0.1, 0.15) is 6.04 Å². The number of hydrogen-bond donors (Lipinski definition) is 2. The maximum absolute atomic E-state index is 12.8. The van der Waals surface area contributed by atoms with E-state index in [-0.39, 0.29) is 18.2 Å². The Morgan fingerprint density at radius 1 is 1.20 bits per heavy atom. The van der Waals surface area contributed by atoms with Crippen LogP contribution < -0.4 is 5.32 Å². The number of carbonyl (C=O) groups is 2. The first-order valence-electron chi connectivity index (χ1n) is 8.12. The molecule has 1 aromatic heterocycles. The molecule has 1 heterocycles. The lowest BCUT2D eigenvalue weighted by atomic mass is 10.0. The summed E-state index contributed by atoms with van der Waals surface area (Å²) in [4.78, 5) is 26.5. The Balaban J connectivity index is 2.16. The van der Waals surface area contributed by atoms with E-state index >= 15 is 0 Å². The van der Waals surface area contributed by atoms with Crippen LogP contribution in [0, 0.1) is 0 Å². The summed E-state index contributed by atoms with van der Waals surface area (Å²) in [6.07, 6.45) is 1.76. The Bertz CT molecular complexity index is 690. The van der Waals surface area contributed by atoms with Crippen molar-refractivity contribution in [3.05, 3.63) is 60.1 Å². The average molecular weight is 344 g/mol. The number of amides is 2. The van der Waals surface area contributed by atoms with Gasteiger partial charge in [-0.3, -0.25) is 9.59 Å². The van der Waals surface area contributed by atoms with Gasteiger partial charge in [0.2, 0.25) is 5.91 Å². The monoisotopic (exact) mass is 344 g/mol. The summed E-state index contributed by atoms with van der Waals surface area (Å²) < 4.78 is 5.09. The Hall–Kier alpha value is -2.60. The molecule has 0 saturated heterocycles. The van der Waals surface area contributed by atoms with Gasteiger partial charge >= 0.3 is 0 Å². The lowest BCUT2D eigenvalue weighted by Crippen LogP contribution is -2.51. The number of nitrogens with zero attached hydrogens (tertiary/aromatic N) is 1. The van der Waals surface area contributed by atoms with Crippen molar-refractivity contribution in [2.45, 2.75) is 31.9 Å². The van der Waals surface area contributed by atoms with E-state index in [4.69, 9.17) is 4.42 Å². The number of rotatable bonds is 7. The third kappa shape index (κ3) is 5.76. The fraction of sp³-hybridized carbons (Fsp3) is 0.368. The van der Waals surface area contributed by atoms with Crippen LogP contribution in [0.3, 0.4) is 0 Å². The number of furan rings is 1. The molecule has 2 N–H and O–H groups in total. The number of likely N-dealkylation sites (N-methyl/N-ethyl adjacent to an activating group) is 1. The highest BCUT2D eigenvalue weighted by Gasteiger charge is 2.28. The lowest BCUT2D eigenvalue weighted by Gasteiger charge is -2.29. The molecular weight excluding hydrogens is 320 g/mol. The van der Waals surface area contributed by atoms with Crippen LogP contribution in [0.2, 0.25) is 0 Å². The van der Waals surface area contributed by atoms with E-state index in [2.05, 4.69) is 5.32 Å². The summed E-state index contributed by atoms with van der Waals surface area (Å²) in [6, 6.07) is 11.8. The number of carbonyl (C=O) groups excluding carboxylic acids is 2. The molecule has 2 rings (SSSR count). The fourth-order valence-electron chi connectivity index (χ4n) is 2.61. The van der Waals surface area contributed by atoms with Gasteiger partial charge in [-0.25, -0.2) is 0 Å². The molecule has 0 aliphatic carbocycles. The average Bonchev–Trinajstić information content (AvgIpc) is 3.07. The zero-order valence-electron chi connectivity index (χ0n) is 14.7. The predicted molar refractivity (Wildman–Crippen MR) is 94.0 cm³/mol. The molecule has 1 atom stereocenters. The largest absolute Gasteiger partial charge is 0.459 e. The topological polar surface area (TPSA) is 82.8 Å². The number of benzene rings is 1. The molecule has 0 bridgehead atoms. The highest BCUT2D eigenvalue weighted by molar-refractivity contribution is 5.95. The summed E-state index contributed by atoms with van der Waals surface area (Å²) in [5.74, 6) is -0.571. The van der Waals surface area contributed by atoms with Crippen LogP contribution in [-0.4, -0.2) is 47.1 Å². The third-order valence-electron chi connectivity index (χ3n) is 3.63. The van der Waals surface area contributed by atoms with E-state index in [0.717, 1.165) is 5.56 Å². The standard InChI is InChI=1S/C19H24N2O4/c1-19(2,24)13-21(3)18(23)15(12-14-8-5-4-6-9-14)20-17(22)16-10-7-11-25-16/h4-11,15,24H,12-13H2,1-3H3,(H,20,22). The van der Waals surface area contributed by atoms with E-state index in [9.17, 15) is 14.7 Å². The van der Waals surface area contributed by atoms with E-state index in [1.54, 1.807) is 33.0 Å². The molecule has 134 valence electrons. The number of nitrogens with one attached hydrogen (secondary N) is 1. The van der Waals surface area contributed by atoms with Gasteiger partial charge in [0.05, 0.1) is 11.9 Å². The molecule has 6 nitrogen and oxygen atoms in total. The molecule has 0 aliphatic rings. The minimum absolute atomic E-state index is 0.149. The normalized spacial score (nSPS) is 12.5. The smallest absolute Gasteiger partial charge is 0.287 e. The van der Waals surface area contributed by atoms with E-state index in [1.807, 2.05) is 30.3 Å². The minimum atomic E-state index is -1.02. The molecule has 6 heteroatoms. The van der Waals surface area contributed by atoms with Gasteiger partial charge < -0.3 is 19.7 Å². The fourth-order valence-corrected chi connectivity index (χ4v) is 2.61. The van der Waals surface area contributed by atoms with Crippen molar-refractivity contribution in [3.63, 3.8) is 0 Å². The van der Waals surface area contributed by atoms with Crippen molar-refractivity contribution in [2.24, 2.45) is 0 Å². The van der Waals surface area contributed by atoms with Gasteiger partial charge in [-0.15, -0.1) is 0 Å². The first kappa shape index (κ1) is 18.7.